The molecule has 17 heavy (non-hydrogen) atoms. The molecule has 0 fully saturated rings. The number of hydrogen-bond acceptors (Lipinski definition) is 4. The van der Waals surface area contributed by atoms with Crippen LogP contribution in [-0.4, -0.2) is 24.5 Å². The number of nitrogens with one attached hydrogen (secondary N) is 1. The number of ketones is 1. The normalized spacial score (nSPS) is 23.0. The van der Waals surface area contributed by atoms with Gasteiger partial charge in [-0.15, -0.1) is 0 Å². The number of phenolic OH excluding ortho intramolecular Hbond substituents is 1. The molecule has 1 atom stereocenters. The van der Waals surface area contributed by atoms with Crippen molar-refractivity contribution in [2.24, 2.45) is 0 Å². The van der Waals surface area contributed by atoms with Gasteiger partial charge in [-0.1, -0.05) is 0 Å². The fraction of sp³-hybridized carbons (Fsp3) is 0.462. The third kappa shape index (κ3) is 1.78. The Hall–Kier alpha value is -1.55. The first kappa shape index (κ1) is 11.9. The molecule has 0 bridgehead atoms. The highest BCUT2D eigenvalue weighted by atomic mass is 16.5. The Morgan fingerprint density at radius 3 is 2.82 bits per heavy atom. The SMILES string of the molecule is COc1cc2c(cc1O)CCN[C@@]2(C)C(C)=O. The molecule has 0 spiro atoms. The molecule has 1 aliphatic rings. The minimum atomic E-state index is -0.686. The van der Waals surface area contributed by atoms with Crippen LogP contribution in [0.15, 0.2) is 12.1 Å². The topological polar surface area (TPSA) is 58.6 Å². The molecule has 2 N–H and O–H groups in total. The summed E-state index contributed by atoms with van der Waals surface area (Å²) in [6.45, 7) is 4.17. The molecule has 0 radical (unpaired) electrons. The summed E-state index contributed by atoms with van der Waals surface area (Å²) in [4.78, 5) is 11.8. The standard InChI is InChI=1S/C13H17NO3/c1-8(15)13(2)10-7-12(17-3)11(16)6-9(10)4-5-14-13/h6-7,14,16H,4-5H2,1-3H3/t13-/m0/s1. The van der Waals surface area contributed by atoms with Crippen molar-refractivity contribution in [1.29, 1.82) is 0 Å². The van der Waals surface area contributed by atoms with E-state index in [0.717, 1.165) is 24.1 Å². The maximum Gasteiger partial charge on any atom is 0.160 e. The van der Waals surface area contributed by atoms with Crippen molar-refractivity contribution < 1.29 is 14.6 Å². The van der Waals surface area contributed by atoms with Gasteiger partial charge in [-0.3, -0.25) is 4.79 Å². The second-order valence-electron chi connectivity index (χ2n) is 4.54. The molecule has 0 amide bonds. The summed E-state index contributed by atoms with van der Waals surface area (Å²) >= 11 is 0. The maximum atomic E-state index is 11.8. The van der Waals surface area contributed by atoms with Crippen molar-refractivity contribution in [1.82, 2.24) is 5.32 Å². The Morgan fingerprint density at radius 2 is 2.24 bits per heavy atom. The Balaban J connectivity index is 2.61. The van der Waals surface area contributed by atoms with E-state index in [-0.39, 0.29) is 11.5 Å². The zero-order valence-corrected chi connectivity index (χ0v) is 10.3. The van der Waals surface area contributed by atoms with Gasteiger partial charge >= 0.3 is 0 Å². The minimum absolute atomic E-state index is 0.0613. The van der Waals surface area contributed by atoms with Crippen LogP contribution in [0.3, 0.4) is 0 Å². The highest BCUT2D eigenvalue weighted by Gasteiger charge is 2.36. The van der Waals surface area contributed by atoms with E-state index in [1.54, 1.807) is 19.1 Å². The first-order valence-electron chi connectivity index (χ1n) is 5.65. The molecule has 0 unspecified atom stereocenters. The van der Waals surface area contributed by atoms with Gasteiger partial charge in [0.15, 0.2) is 17.3 Å². The number of methoxy groups -OCH3 is 1. The molecule has 1 aliphatic heterocycles. The molecule has 0 saturated carbocycles. The number of carbonyl (C=O) groups is 1. The summed E-state index contributed by atoms with van der Waals surface area (Å²) in [6, 6.07) is 3.44. The number of rotatable bonds is 2. The van der Waals surface area contributed by atoms with E-state index in [4.69, 9.17) is 4.74 Å². The Morgan fingerprint density at radius 1 is 1.53 bits per heavy atom. The van der Waals surface area contributed by atoms with Gasteiger partial charge in [0.05, 0.1) is 7.11 Å². The number of aromatic hydroxyl groups is 1. The van der Waals surface area contributed by atoms with Gasteiger partial charge in [-0.05, 0) is 43.5 Å². The van der Waals surface area contributed by atoms with Crippen molar-refractivity contribution >= 4 is 5.78 Å². The second kappa shape index (κ2) is 4.04. The lowest BCUT2D eigenvalue weighted by Crippen LogP contribution is -2.49. The summed E-state index contributed by atoms with van der Waals surface area (Å²) in [5.74, 6) is 0.588. The van der Waals surface area contributed by atoms with Gasteiger partial charge in [-0.25, -0.2) is 0 Å². The van der Waals surface area contributed by atoms with E-state index < -0.39 is 5.54 Å². The molecular weight excluding hydrogens is 218 g/mol. The van der Waals surface area contributed by atoms with E-state index in [2.05, 4.69) is 5.32 Å². The van der Waals surface area contributed by atoms with E-state index in [0.29, 0.717) is 5.75 Å². The first-order valence-corrected chi connectivity index (χ1v) is 5.65. The van der Waals surface area contributed by atoms with Gasteiger partial charge in [0.1, 0.15) is 5.54 Å². The summed E-state index contributed by atoms with van der Waals surface area (Å²) in [6.07, 6.45) is 0.801. The van der Waals surface area contributed by atoms with E-state index in [1.807, 2.05) is 6.92 Å². The Bertz CT molecular complexity index is 470. The maximum absolute atomic E-state index is 11.8. The van der Waals surface area contributed by atoms with E-state index >= 15 is 0 Å². The van der Waals surface area contributed by atoms with Crippen LogP contribution in [0.2, 0.25) is 0 Å². The van der Waals surface area contributed by atoms with Crippen LogP contribution in [0.5, 0.6) is 11.5 Å². The van der Waals surface area contributed by atoms with Crippen molar-refractivity contribution in [3.05, 3.63) is 23.3 Å². The Labute approximate surface area is 101 Å². The molecule has 2 rings (SSSR count). The van der Waals surface area contributed by atoms with Crippen molar-refractivity contribution in [2.45, 2.75) is 25.8 Å². The molecule has 1 aromatic rings. The second-order valence-corrected chi connectivity index (χ2v) is 4.54. The predicted octanol–water partition coefficient (Wildman–Crippen LogP) is 1.35. The molecule has 0 saturated heterocycles. The molecule has 1 aromatic carbocycles. The van der Waals surface area contributed by atoms with Gasteiger partial charge in [0.25, 0.3) is 0 Å². The van der Waals surface area contributed by atoms with E-state index in [9.17, 15) is 9.90 Å². The summed E-state index contributed by atoms with van der Waals surface area (Å²) in [5, 5.41) is 13.0. The lowest BCUT2D eigenvalue weighted by molar-refractivity contribution is -0.123. The number of fused-ring (bicyclic) bond motifs is 1. The van der Waals surface area contributed by atoms with Gasteiger partial charge in [-0.2, -0.15) is 0 Å². The molecule has 0 aliphatic carbocycles. The summed E-state index contributed by atoms with van der Waals surface area (Å²) in [5.41, 5.74) is 1.21. The molecule has 4 nitrogen and oxygen atoms in total. The quantitative estimate of drug-likeness (QED) is 0.812. The fourth-order valence-corrected chi connectivity index (χ4v) is 2.30. The third-order valence-corrected chi connectivity index (χ3v) is 3.52. The zero-order chi connectivity index (χ0) is 12.6. The lowest BCUT2D eigenvalue weighted by Gasteiger charge is -2.35. The summed E-state index contributed by atoms with van der Waals surface area (Å²) < 4.78 is 5.10. The average molecular weight is 235 g/mol. The highest BCUT2D eigenvalue weighted by molar-refractivity contribution is 5.88. The van der Waals surface area contributed by atoms with Crippen LogP contribution in [0.4, 0.5) is 0 Å². The number of benzene rings is 1. The molecular formula is C13H17NO3. The van der Waals surface area contributed by atoms with Crippen LogP contribution in [0.1, 0.15) is 25.0 Å². The number of ether oxygens (including phenoxy) is 1. The zero-order valence-electron chi connectivity index (χ0n) is 10.3. The highest BCUT2D eigenvalue weighted by Crippen LogP contribution is 2.37. The smallest absolute Gasteiger partial charge is 0.160 e. The third-order valence-electron chi connectivity index (χ3n) is 3.52. The van der Waals surface area contributed by atoms with Crippen LogP contribution in [0, 0.1) is 0 Å². The van der Waals surface area contributed by atoms with Gasteiger partial charge in [0, 0.05) is 6.54 Å². The largest absolute Gasteiger partial charge is 0.504 e. The van der Waals surface area contributed by atoms with Crippen LogP contribution in [-0.2, 0) is 16.8 Å². The van der Waals surface area contributed by atoms with Crippen LogP contribution < -0.4 is 10.1 Å². The Kier molecular flexibility index (Phi) is 2.83. The van der Waals surface area contributed by atoms with Crippen LogP contribution in [0.25, 0.3) is 0 Å². The van der Waals surface area contributed by atoms with Crippen molar-refractivity contribution in [2.75, 3.05) is 13.7 Å². The number of Topliss-reactive ketones (excluding diaryl/α,β-unsaturated/α-hetero) is 1. The molecule has 92 valence electrons. The number of phenols is 1. The predicted molar refractivity (Wildman–Crippen MR) is 64.4 cm³/mol. The molecule has 1 heterocycles. The monoisotopic (exact) mass is 235 g/mol. The number of carbonyl (C=O) groups excluding carboxylic acids is 1. The molecule has 4 heteroatoms. The van der Waals surface area contributed by atoms with E-state index in [1.165, 1.54) is 7.11 Å². The van der Waals surface area contributed by atoms with Gasteiger partial charge in [0.2, 0.25) is 0 Å². The average Bonchev–Trinajstić information content (AvgIpc) is 2.28. The molecule has 0 aromatic heterocycles. The lowest BCUT2D eigenvalue weighted by atomic mass is 9.81. The van der Waals surface area contributed by atoms with Crippen LogP contribution >= 0.6 is 0 Å². The first-order chi connectivity index (χ1) is 7.99. The van der Waals surface area contributed by atoms with Gasteiger partial charge < -0.3 is 15.2 Å². The fourth-order valence-electron chi connectivity index (χ4n) is 2.30. The minimum Gasteiger partial charge on any atom is -0.504 e. The number of hydrogen-bond donors (Lipinski definition) is 2. The van der Waals surface area contributed by atoms with Crippen molar-refractivity contribution in [3.63, 3.8) is 0 Å². The summed E-state index contributed by atoms with van der Waals surface area (Å²) in [7, 11) is 1.50. The van der Waals surface area contributed by atoms with Crippen molar-refractivity contribution in [3.8, 4) is 11.5 Å².